The molecule has 1 atom stereocenters. The highest BCUT2D eigenvalue weighted by Gasteiger charge is 2.30. The van der Waals surface area contributed by atoms with E-state index in [1.807, 2.05) is 17.9 Å². The molecule has 1 unspecified atom stereocenters. The summed E-state index contributed by atoms with van der Waals surface area (Å²) in [4.78, 5) is 7.18. The monoisotopic (exact) mass is 359 g/mol. The van der Waals surface area contributed by atoms with Gasteiger partial charge >= 0.3 is 0 Å². The fourth-order valence-corrected chi connectivity index (χ4v) is 4.13. The molecule has 0 spiro atoms. The second kappa shape index (κ2) is 7.88. The maximum atomic E-state index is 5.94. The molecule has 142 valence electrons. The van der Waals surface area contributed by atoms with E-state index in [2.05, 4.69) is 27.1 Å². The smallest absolute Gasteiger partial charge is 0.227 e. The van der Waals surface area contributed by atoms with Crippen LogP contribution in [0.25, 0.3) is 0 Å². The van der Waals surface area contributed by atoms with Crippen molar-refractivity contribution < 1.29 is 9.26 Å². The summed E-state index contributed by atoms with van der Waals surface area (Å²) in [5, 5.41) is 8.49. The van der Waals surface area contributed by atoms with Gasteiger partial charge in [0.25, 0.3) is 0 Å². The first-order valence-corrected chi connectivity index (χ1v) is 9.86. The van der Waals surface area contributed by atoms with Gasteiger partial charge in [0.15, 0.2) is 0 Å². The molecule has 2 aromatic heterocycles. The van der Waals surface area contributed by atoms with Gasteiger partial charge in [-0.15, -0.1) is 0 Å². The van der Waals surface area contributed by atoms with E-state index in [4.69, 9.17) is 9.26 Å². The van der Waals surface area contributed by atoms with E-state index in [9.17, 15) is 0 Å². The van der Waals surface area contributed by atoms with Crippen LogP contribution in [0.4, 0.5) is 0 Å². The minimum absolute atomic E-state index is 0.0664. The third-order valence-corrected chi connectivity index (χ3v) is 5.91. The second-order valence-corrected chi connectivity index (χ2v) is 7.57. The number of morpholine rings is 1. The molecule has 26 heavy (non-hydrogen) atoms. The molecule has 1 aliphatic carbocycles. The zero-order chi connectivity index (χ0) is 17.9. The maximum Gasteiger partial charge on any atom is 0.227 e. The van der Waals surface area contributed by atoms with Crippen molar-refractivity contribution in [2.45, 2.75) is 64.0 Å². The number of nitrogens with zero attached hydrogens (tertiary/aromatic N) is 5. The van der Waals surface area contributed by atoms with E-state index in [-0.39, 0.29) is 6.10 Å². The summed E-state index contributed by atoms with van der Waals surface area (Å²) in [6, 6.07) is 0.704. The standard InChI is InChI=1S/C19H29N5O2/c1-14-15(12-20-23(14)2)8-9-18-21-19(22-26-18)17-13-24(10-11-25-17)16-6-4-3-5-7-16/h12,16-17H,3-11,13H2,1-2H3. The fourth-order valence-electron chi connectivity index (χ4n) is 4.13. The first-order chi connectivity index (χ1) is 12.7. The molecule has 3 heterocycles. The molecule has 1 aliphatic heterocycles. The van der Waals surface area contributed by atoms with E-state index in [1.165, 1.54) is 43.4 Å². The Morgan fingerprint density at radius 1 is 1.19 bits per heavy atom. The molecule has 2 aliphatic rings. The SMILES string of the molecule is Cc1c(CCc2nc(C3CN(C4CCCCC4)CCO3)no2)cnn1C. The van der Waals surface area contributed by atoms with Gasteiger partial charge in [0.05, 0.1) is 12.8 Å². The van der Waals surface area contributed by atoms with E-state index in [0.29, 0.717) is 17.8 Å². The van der Waals surface area contributed by atoms with Crippen LogP contribution in [0.1, 0.15) is 61.2 Å². The van der Waals surface area contributed by atoms with Crippen LogP contribution in [0, 0.1) is 6.92 Å². The molecule has 7 heteroatoms. The van der Waals surface area contributed by atoms with E-state index in [1.54, 1.807) is 0 Å². The minimum Gasteiger partial charge on any atom is -0.367 e. The van der Waals surface area contributed by atoms with Gasteiger partial charge in [-0.05, 0) is 31.7 Å². The van der Waals surface area contributed by atoms with Gasteiger partial charge in [0, 0.05) is 38.3 Å². The van der Waals surface area contributed by atoms with Crippen LogP contribution in [0.3, 0.4) is 0 Å². The van der Waals surface area contributed by atoms with E-state index < -0.39 is 0 Å². The Kier molecular flexibility index (Phi) is 5.36. The largest absolute Gasteiger partial charge is 0.367 e. The highest BCUT2D eigenvalue weighted by atomic mass is 16.5. The Balaban J connectivity index is 1.35. The summed E-state index contributed by atoms with van der Waals surface area (Å²) >= 11 is 0. The Morgan fingerprint density at radius 2 is 2.04 bits per heavy atom. The summed E-state index contributed by atoms with van der Waals surface area (Å²) in [6.45, 7) is 4.73. The van der Waals surface area contributed by atoms with E-state index in [0.717, 1.165) is 32.5 Å². The van der Waals surface area contributed by atoms with Crippen LogP contribution in [-0.4, -0.2) is 50.6 Å². The Morgan fingerprint density at radius 3 is 2.81 bits per heavy atom. The highest BCUT2D eigenvalue weighted by molar-refractivity contribution is 5.16. The number of aryl methyl sites for hydroxylation is 3. The molecular formula is C19H29N5O2. The van der Waals surface area contributed by atoms with Crippen molar-refractivity contribution in [3.05, 3.63) is 29.2 Å². The summed E-state index contributed by atoms with van der Waals surface area (Å²) < 4.78 is 13.3. The number of rotatable bonds is 5. The predicted molar refractivity (Wildman–Crippen MR) is 96.8 cm³/mol. The molecule has 2 aromatic rings. The summed E-state index contributed by atoms with van der Waals surface area (Å²) in [6.07, 6.45) is 10.2. The van der Waals surface area contributed by atoms with Crippen LogP contribution >= 0.6 is 0 Å². The Bertz CT molecular complexity index is 719. The van der Waals surface area contributed by atoms with Gasteiger partial charge in [-0.2, -0.15) is 10.1 Å². The Hall–Kier alpha value is -1.73. The molecule has 2 fully saturated rings. The van der Waals surface area contributed by atoms with E-state index >= 15 is 0 Å². The number of ether oxygens (including phenoxy) is 1. The molecule has 0 radical (unpaired) electrons. The van der Waals surface area contributed by atoms with Crippen molar-refractivity contribution in [3.8, 4) is 0 Å². The maximum absolute atomic E-state index is 5.94. The normalized spacial score (nSPS) is 22.8. The van der Waals surface area contributed by atoms with Crippen LogP contribution in [0.15, 0.2) is 10.7 Å². The molecule has 1 saturated carbocycles. The fraction of sp³-hybridized carbons (Fsp3) is 0.737. The van der Waals surface area contributed by atoms with Gasteiger partial charge in [-0.25, -0.2) is 0 Å². The van der Waals surface area contributed by atoms with Gasteiger partial charge in [-0.1, -0.05) is 24.4 Å². The molecule has 1 saturated heterocycles. The van der Waals surface area contributed by atoms with Gasteiger partial charge in [-0.3, -0.25) is 9.58 Å². The zero-order valence-electron chi connectivity index (χ0n) is 15.9. The average Bonchev–Trinajstić information content (AvgIpc) is 3.29. The number of hydrogen-bond donors (Lipinski definition) is 0. The predicted octanol–water partition coefficient (Wildman–Crippen LogP) is 2.60. The van der Waals surface area contributed by atoms with Crippen LogP contribution < -0.4 is 0 Å². The minimum atomic E-state index is -0.0664. The van der Waals surface area contributed by atoms with Crippen molar-refractivity contribution in [1.82, 2.24) is 24.8 Å². The summed E-state index contributed by atoms with van der Waals surface area (Å²) in [5.74, 6) is 1.38. The van der Waals surface area contributed by atoms with Crippen molar-refractivity contribution >= 4 is 0 Å². The molecule has 4 rings (SSSR count). The lowest BCUT2D eigenvalue weighted by Crippen LogP contribution is -2.45. The third-order valence-electron chi connectivity index (χ3n) is 5.91. The number of aromatic nitrogens is 4. The molecule has 0 amide bonds. The third kappa shape index (κ3) is 3.83. The highest BCUT2D eigenvalue weighted by Crippen LogP contribution is 2.28. The molecule has 7 nitrogen and oxygen atoms in total. The van der Waals surface area contributed by atoms with Crippen LogP contribution in [0.5, 0.6) is 0 Å². The number of hydrogen-bond acceptors (Lipinski definition) is 6. The lowest BCUT2D eigenvalue weighted by Gasteiger charge is -2.39. The van der Waals surface area contributed by atoms with Gasteiger partial charge < -0.3 is 9.26 Å². The topological polar surface area (TPSA) is 69.2 Å². The van der Waals surface area contributed by atoms with Crippen LogP contribution in [-0.2, 0) is 24.6 Å². The van der Waals surface area contributed by atoms with Crippen molar-refractivity contribution in [1.29, 1.82) is 0 Å². The second-order valence-electron chi connectivity index (χ2n) is 7.57. The van der Waals surface area contributed by atoms with Crippen molar-refractivity contribution in [3.63, 3.8) is 0 Å². The van der Waals surface area contributed by atoms with Gasteiger partial charge in [0.2, 0.25) is 11.7 Å². The molecule has 0 aromatic carbocycles. The Labute approximate surface area is 154 Å². The van der Waals surface area contributed by atoms with Gasteiger partial charge in [0.1, 0.15) is 6.10 Å². The van der Waals surface area contributed by atoms with Crippen molar-refractivity contribution in [2.24, 2.45) is 7.05 Å². The first-order valence-electron chi connectivity index (χ1n) is 9.86. The first kappa shape index (κ1) is 17.7. The van der Waals surface area contributed by atoms with Crippen molar-refractivity contribution in [2.75, 3.05) is 19.7 Å². The molecule has 0 bridgehead atoms. The zero-order valence-corrected chi connectivity index (χ0v) is 15.9. The average molecular weight is 359 g/mol. The molecular weight excluding hydrogens is 330 g/mol. The molecule has 0 N–H and O–H groups in total. The lowest BCUT2D eigenvalue weighted by atomic mass is 9.93. The lowest BCUT2D eigenvalue weighted by molar-refractivity contribution is -0.0543. The van der Waals surface area contributed by atoms with Crippen LogP contribution in [0.2, 0.25) is 0 Å². The summed E-state index contributed by atoms with van der Waals surface area (Å²) in [7, 11) is 1.96. The quantitative estimate of drug-likeness (QED) is 0.817. The summed E-state index contributed by atoms with van der Waals surface area (Å²) in [5.41, 5.74) is 2.41.